The number of rotatable bonds is 6. The number of thiophene rings is 1. The van der Waals surface area contributed by atoms with Crippen molar-refractivity contribution in [1.29, 1.82) is 0 Å². The number of nitrogens with one attached hydrogen (secondary N) is 1. The van der Waals surface area contributed by atoms with Gasteiger partial charge in [0.15, 0.2) is 12.4 Å². The van der Waals surface area contributed by atoms with Gasteiger partial charge in [0.25, 0.3) is 5.91 Å². The number of nitrogens with zero attached hydrogens (tertiary/aromatic N) is 2. The van der Waals surface area contributed by atoms with Crippen LogP contribution in [0.2, 0.25) is 0 Å². The Morgan fingerprint density at radius 2 is 1.87 bits per heavy atom. The van der Waals surface area contributed by atoms with Crippen molar-refractivity contribution in [1.82, 2.24) is 9.78 Å². The fourth-order valence-corrected chi connectivity index (χ4v) is 3.68. The lowest BCUT2D eigenvalue weighted by Crippen LogP contribution is -2.15. The Bertz CT molecular complexity index is 1050. The number of esters is 1. The van der Waals surface area contributed by atoms with E-state index >= 15 is 0 Å². The summed E-state index contributed by atoms with van der Waals surface area (Å²) in [7, 11) is 1.30. The first-order valence-electron chi connectivity index (χ1n) is 9.44. The molecule has 2 heterocycles. The van der Waals surface area contributed by atoms with Crippen LogP contribution in [0.4, 0.5) is 5.00 Å². The van der Waals surface area contributed by atoms with E-state index < -0.39 is 11.9 Å². The largest absolute Gasteiger partial charge is 0.471 e. The minimum absolute atomic E-state index is 0.0810. The van der Waals surface area contributed by atoms with E-state index in [1.165, 1.54) is 28.7 Å². The Balaban J connectivity index is 1.62. The van der Waals surface area contributed by atoms with Crippen molar-refractivity contribution in [2.45, 2.75) is 39.8 Å². The standard InChI is InChI=1S/C22H25N3O4S/c1-14-12-17(21(27)28-5)20(30-14)23-19(26)18-10-11-25(24-18)13-29-16-8-6-15(7-9-16)22(2,3)4/h6-12H,13H2,1-5H3,(H,23,26). The van der Waals surface area contributed by atoms with E-state index in [1.54, 1.807) is 18.3 Å². The van der Waals surface area contributed by atoms with Crippen LogP contribution in [-0.2, 0) is 16.9 Å². The van der Waals surface area contributed by atoms with Crippen molar-refractivity contribution in [3.63, 3.8) is 0 Å². The summed E-state index contributed by atoms with van der Waals surface area (Å²) >= 11 is 1.31. The van der Waals surface area contributed by atoms with E-state index in [2.05, 4.69) is 31.2 Å². The van der Waals surface area contributed by atoms with Crippen molar-refractivity contribution in [3.8, 4) is 5.75 Å². The van der Waals surface area contributed by atoms with Gasteiger partial charge < -0.3 is 14.8 Å². The van der Waals surface area contributed by atoms with E-state index in [9.17, 15) is 9.59 Å². The Morgan fingerprint density at radius 3 is 2.50 bits per heavy atom. The third-order valence-electron chi connectivity index (χ3n) is 4.44. The Morgan fingerprint density at radius 1 is 1.17 bits per heavy atom. The molecule has 0 unspecified atom stereocenters. The molecule has 0 aliphatic heterocycles. The monoisotopic (exact) mass is 427 g/mol. The van der Waals surface area contributed by atoms with E-state index in [0.29, 0.717) is 10.6 Å². The second kappa shape index (κ2) is 8.71. The summed E-state index contributed by atoms with van der Waals surface area (Å²) < 4.78 is 12.0. The summed E-state index contributed by atoms with van der Waals surface area (Å²) in [6.45, 7) is 8.50. The van der Waals surface area contributed by atoms with Crippen molar-refractivity contribution in [2.75, 3.05) is 12.4 Å². The second-order valence-electron chi connectivity index (χ2n) is 7.83. The highest BCUT2D eigenvalue weighted by atomic mass is 32.1. The minimum Gasteiger partial charge on any atom is -0.471 e. The molecule has 3 aromatic rings. The maximum absolute atomic E-state index is 12.5. The lowest BCUT2D eigenvalue weighted by Gasteiger charge is -2.19. The average Bonchev–Trinajstić information content (AvgIpc) is 3.32. The summed E-state index contributed by atoms with van der Waals surface area (Å²) in [6, 6.07) is 11.2. The van der Waals surface area contributed by atoms with Crippen LogP contribution < -0.4 is 10.1 Å². The van der Waals surface area contributed by atoms with Gasteiger partial charge in [-0.1, -0.05) is 32.9 Å². The molecule has 1 N–H and O–H groups in total. The van der Waals surface area contributed by atoms with Crippen molar-refractivity contribution >= 4 is 28.2 Å². The third-order valence-corrected chi connectivity index (χ3v) is 5.41. The van der Waals surface area contributed by atoms with Crippen molar-refractivity contribution < 1.29 is 19.1 Å². The van der Waals surface area contributed by atoms with Crippen LogP contribution in [0.25, 0.3) is 0 Å². The molecule has 0 fully saturated rings. The molecule has 158 valence electrons. The third kappa shape index (κ3) is 5.07. The zero-order valence-corrected chi connectivity index (χ0v) is 18.5. The van der Waals surface area contributed by atoms with E-state index in [4.69, 9.17) is 9.47 Å². The van der Waals surface area contributed by atoms with Gasteiger partial charge in [0.05, 0.1) is 12.7 Å². The van der Waals surface area contributed by atoms with Gasteiger partial charge in [-0.3, -0.25) is 4.79 Å². The van der Waals surface area contributed by atoms with E-state index in [-0.39, 0.29) is 17.8 Å². The summed E-state index contributed by atoms with van der Waals surface area (Å²) in [5.74, 6) is -0.178. The number of aryl methyl sites for hydroxylation is 1. The molecule has 30 heavy (non-hydrogen) atoms. The molecule has 0 saturated heterocycles. The molecular formula is C22H25N3O4S. The van der Waals surface area contributed by atoms with E-state index in [1.807, 2.05) is 31.2 Å². The smallest absolute Gasteiger partial charge is 0.340 e. The molecule has 0 radical (unpaired) electrons. The normalized spacial score (nSPS) is 11.2. The Hall–Kier alpha value is -3.13. The molecule has 1 amide bonds. The lowest BCUT2D eigenvalue weighted by molar-refractivity contribution is 0.0602. The van der Waals surface area contributed by atoms with Crippen LogP contribution in [0.15, 0.2) is 42.6 Å². The minimum atomic E-state index is -0.494. The average molecular weight is 428 g/mol. The number of carbonyl (C=O) groups excluding carboxylic acids is 2. The molecule has 0 bridgehead atoms. The molecule has 0 aliphatic rings. The zero-order chi connectivity index (χ0) is 21.9. The first kappa shape index (κ1) is 21.6. The fraction of sp³-hybridized carbons (Fsp3) is 0.318. The second-order valence-corrected chi connectivity index (χ2v) is 9.09. The predicted molar refractivity (Wildman–Crippen MR) is 116 cm³/mol. The number of amides is 1. The van der Waals surface area contributed by atoms with Gasteiger partial charge in [-0.2, -0.15) is 5.10 Å². The van der Waals surface area contributed by atoms with Crippen LogP contribution >= 0.6 is 11.3 Å². The number of aromatic nitrogens is 2. The number of methoxy groups -OCH3 is 1. The van der Waals surface area contributed by atoms with E-state index in [0.717, 1.165) is 10.6 Å². The Kier molecular flexibility index (Phi) is 6.26. The molecule has 0 spiro atoms. The Labute approximate surface area is 179 Å². The van der Waals surface area contributed by atoms with Gasteiger partial charge in [0.2, 0.25) is 0 Å². The molecule has 0 atom stereocenters. The van der Waals surface area contributed by atoms with Crippen LogP contribution in [-0.4, -0.2) is 28.8 Å². The summed E-state index contributed by atoms with van der Waals surface area (Å²) in [5, 5.41) is 7.42. The number of hydrogen-bond acceptors (Lipinski definition) is 6. The molecule has 2 aromatic heterocycles. The van der Waals surface area contributed by atoms with Crippen molar-refractivity contribution in [2.24, 2.45) is 0 Å². The first-order valence-corrected chi connectivity index (χ1v) is 10.3. The predicted octanol–water partition coefficient (Wildman–Crippen LogP) is 4.63. The summed E-state index contributed by atoms with van der Waals surface area (Å²) in [5.41, 5.74) is 1.86. The number of hydrogen-bond donors (Lipinski definition) is 1. The SMILES string of the molecule is COC(=O)c1cc(C)sc1NC(=O)c1ccn(COc2ccc(C(C)(C)C)cc2)n1. The maximum atomic E-state index is 12.5. The highest BCUT2D eigenvalue weighted by Gasteiger charge is 2.19. The van der Waals surface area contributed by atoms with Crippen LogP contribution in [0.3, 0.4) is 0 Å². The lowest BCUT2D eigenvalue weighted by atomic mass is 9.87. The van der Waals surface area contributed by atoms with Gasteiger partial charge in [-0.25, -0.2) is 9.48 Å². The summed E-state index contributed by atoms with van der Waals surface area (Å²) in [6.07, 6.45) is 1.67. The molecule has 8 heteroatoms. The van der Waals surface area contributed by atoms with Crippen molar-refractivity contribution in [3.05, 3.63) is 64.3 Å². The zero-order valence-electron chi connectivity index (χ0n) is 17.7. The topological polar surface area (TPSA) is 82.5 Å². The highest BCUT2D eigenvalue weighted by Crippen LogP contribution is 2.28. The number of benzene rings is 1. The highest BCUT2D eigenvalue weighted by molar-refractivity contribution is 7.16. The molecule has 7 nitrogen and oxygen atoms in total. The van der Waals surface area contributed by atoms with Gasteiger partial charge in [-0.15, -0.1) is 11.3 Å². The van der Waals surface area contributed by atoms with Gasteiger partial charge in [-0.05, 0) is 42.2 Å². The number of anilines is 1. The van der Waals surface area contributed by atoms with Crippen LogP contribution in [0.5, 0.6) is 5.75 Å². The summed E-state index contributed by atoms with van der Waals surface area (Å²) in [4.78, 5) is 25.3. The van der Waals surface area contributed by atoms with Crippen LogP contribution in [0.1, 0.15) is 52.1 Å². The number of carbonyl (C=O) groups is 2. The molecule has 0 aliphatic carbocycles. The fourth-order valence-electron chi connectivity index (χ4n) is 2.78. The van der Waals surface area contributed by atoms with Gasteiger partial charge >= 0.3 is 5.97 Å². The van der Waals surface area contributed by atoms with Crippen LogP contribution in [0, 0.1) is 6.92 Å². The molecule has 3 rings (SSSR count). The quantitative estimate of drug-likeness (QED) is 0.580. The molecule has 0 saturated carbocycles. The first-order chi connectivity index (χ1) is 14.2. The van der Waals surface area contributed by atoms with Gasteiger partial charge in [0, 0.05) is 11.1 Å². The molecule has 1 aromatic carbocycles. The van der Waals surface area contributed by atoms with Gasteiger partial charge in [0.1, 0.15) is 10.8 Å². The maximum Gasteiger partial charge on any atom is 0.340 e. The number of ether oxygens (including phenoxy) is 2. The molecular weight excluding hydrogens is 402 g/mol.